The van der Waals surface area contributed by atoms with Crippen LogP contribution in [0.5, 0.6) is 0 Å². The number of nitrogens with zero attached hydrogens (tertiary/aromatic N) is 1. The molecule has 2 nitrogen and oxygen atoms in total. The van der Waals surface area contributed by atoms with Gasteiger partial charge in [-0.2, -0.15) is 0 Å². The van der Waals surface area contributed by atoms with Gasteiger partial charge >= 0.3 is 0 Å². The van der Waals surface area contributed by atoms with Gasteiger partial charge in [0.1, 0.15) is 0 Å². The summed E-state index contributed by atoms with van der Waals surface area (Å²) in [5.74, 6) is -1.73. The van der Waals surface area contributed by atoms with Crippen molar-refractivity contribution in [3.8, 4) is 0 Å². The van der Waals surface area contributed by atoms with E-state index < -0.39 is 11.6 Å². The highest BCUT2D eigenvalue weighted by Crippen LogP contribution is 2.21. The number of hydrogen-bond donors (Lipinski definition) is 1. The lowest BCUT2D eigenvalue weighted by Gasteiger charge is -2.27. The second-order valence-corrected chi connectivity index (χ2v) is 4.29. The van der Waals surface area contributed by atoms with Crippen LogP contribution in [-0.4, -0.2) is 31.1 Å². The molecule has 5 heteroatoms. The lowest BCUT2D eigenvalue weighted by Crippen LogP contribution is -2.42. The van der Waals surface area contributed by atoms with Crippen LogP contribution >= 0.6 is 11.6 Å². The van der Waals surface area contributed by atoms with Crippen LogP contribution in [0.15, 0.2) is 12.1 Å². The summed E-state index contributed by atoms with van der Waals surface area (Å²) in [4.78, 5) is 2.16. The van der Waals surface area contributed by atoms with Gasteiger partial charge < -0.3 is 5.32 Å². The van der Waals surface area contributed by atoms with Crippen molar-refractivity contribution in [2.24, 2.45) is 0 Å². The smallest absolute Gasteiger partial charge is 0.160 e. The monoisotopic (exact) mass is 246 g/mol. The van der Waals surface area contributed by atoms with Gasteiger partial charge in [-0.1, -0.05) is 11.6 Å². The van der Waals surface area contributed by atoms with Crippen LogP contribution in [0, 0.1) is 11.6 Å². The Hall–Kier alpha value is -0.710. The van der Waals surface area contributed by atoms with Crippen molar-refractivity contribution in [1.29, 1.82) is 0 Å². The zero-order valence-corrected chi connectivity index (χ0v) is 9.53. The summed E-state index contributed by atoms with van der Waals surface area (Å²) in [7, 11) is 0. The average molecular weight is 247 g/mol. The Morgan fingerprint density at radius 3 is 2.50 bits per heavy atom. The van der Waals surface area contributed by atoms with Crippen LogP contribution < -0.4 is 5.32 Å². The van der Waals surface area contributed by atoms with Gasteiger partial charge in [-0.3, -0.25) is 4.90 Å². The minimum absolute atomic E-state index is 0.289. The van der Waals surface area contributed by atoms with Crippen molar-refractivity contribution in [3.63, 3.8) is 0 Å². The topological polar surface area (TPSA) is 15.3 Å². The Kier molecular flexibility index (Phi) is 3.74. The maximum Gasteiger partial charge on any atom is 0.160 e. The first-order valence-electron chi connectivity index (χ1n) is 5.23. The maximum atomic E-state index is 13.0. The summed E-state index contributed by atoms with van der Waals surface area (Å²) in [6, 6.07) is 2.22. The predicted molar refractivity (Wildman–Crippen MR) is 59.5 cm³/mol. The molecule has 1 aliphatic rings. The molecule has 2 rings (SSSR count). The summed E-state index contributed by atoms with van der Waals surface area (Å²) in [6.07, 6.45) is 0. The lowest BCUT2D eigenvalue weighted by molar-refractivity contribution is 0.233. The van der Waals surface area contributed by atoms with E-state index in [1.54, 1.807) is 0 Å². The molecule has 0 amide bonds. The Morgan fingerprint density at radius 1 is 1.19 bits per heavy atom. The molecule has 88 valence electrons. The quantitative estimate of drug-likeness (QED) is 0.804. The minimum Gasteiger partial charge on any atom is -0.314 e. The molecule has 1 aromatic carbocycles. The summed E-state index contributed by atoms with van der Waals surface area (Å²) < 4.78 is 25.9. The number of halogens is 3. The van der Waals surface area contributed by atoms with E-state index in [0.717, 1.165) is 32.2 Å². The molecule has 16 heavy (non-hydrogen) atoms. The SMILES string of the molecule is Fc1cc(Cl)c(CN2CCNCC2)cc1F. The van der Waals surface area contributed by atoms with E-state index >= 15 is 0 Å². The molecule has 0 saturated carbocycles. The van der Waals surface area contributed by atoms with E-state index in [1.165, 1.54) is 6.07 Å². The van der Waals surface area contributed by atoms with Crippen LogP contribution in [-0.2, 0) is 6.54 Å². The standard InChI is InChI=1S/C11H13ClF2N2/c12-9-6-11(14)10(13)5-8(9)7-16-3-1-15-2-4-16/h5-6,15H,1-4,7H2. The van der Waals surface area contributed by atoms with E-state index in [0.29, 0.717) is 12.1 Å². The number of hydrogen-bond acceptors (Lipinski definition) is 2. The molecule has 0 spiro atoms. The fourth-order valence-corrected chi connectivity index (χ4v) is 2.01. The Labute approximate surface area is 98.2 Å². The molecule has 0 bridgehead atoms. The first-order chi connectivity index (χ1) is 7.66. The van der Waals surface area contributed by atoms with Gasteiger partial charge in [0.15, 0.2) is 11.6 Å². The van der Waals surface area contributed by atoms with Crippen LogP contribution in [0.25, 0.3) is 0 Å². The van der Waals surface area contributed by atoms with Crippen molar-refractivity contribution >= 4 is 11.6 Å². The third kappa shape index (κ3) is 2.70. The molecular weight excluding hydrogens is 234 g/mol. The summed E-state index contributed by atoms with van der Waals surface area (Å²) >= 11 is 5.87. The second-order valence-electron chi connectivity index (χ2n) is 3.88. The maximum absolute atomic E-state index is 13.0. The van der Waals surface area contributed by atoms with E-state index in [9.17, 15) is 8.78 Å². The van der Waals surface area contributed by atoms with Gasteiger partial charge in [-0.25, -0.2) is 8.78 Å². The largest absolute Gasteiger partial charge is 0.314 e. The Bertz CT molecular complexity index is 378. The normalized spacial score (nSPS) is 17.7. The third-order valence-electron chi connectivity index (χ3n) is 2.69. The minimum atomic E-state index is -0.894. The fraction of sp³-hybridized carbons (Fsp3) is 0.455. The number of benzene rings is 1. The summed E-state index contributed by atoms with van der Waals surface area (Å²) in [6.45, 7) is 4.20. The highest BCUT2D eigenvalue weighted by Gasteiger charge is 2.14. The highest BCUT2D eigenvalue weighted by molar-refractivity contribution is 6.31. The predicted octanol–water partition coefficient (Wildman–Crippen LogP) is 2.02. The molecule has 1 fully saturated rings. The van der Waals surface area contributed by atoms with Crippen molar-refractivity contribution in [3.05, 3.63) is 34.4 Å². The molecule has 1 N–H and O–H groups in total. The molecule has 0 radical (unpaired) electrons. The second kappa shape index (κ2) is 5.08. The van der Waals surface area contributed by atoms with Gasteiger partial charge in [-0.15, -0.1) is 0 Å². The number of piperazine rings is 1. The van der Waals surface area contributed by atoms with E-state index in [4.69, 9.17) is 11.6 Å². The molecule has 1 saturated heterocycles. The zero-order chi connectivity index (χ0) is 11.5. The molecule has 0 atom stereocenters. The van der Waals surface area contributed by atoms with Crippen LogP contribution in [0.1, 0.15) is 5.56 Å². The van der Waals surface area contributed by atoms with Gasteiger partial charge in [0.2, 0.25) is 0 Å². The summed E-state index contributed by atoms with van der Waals surface area (Å²) in [5, 5.41) is 3.52. The van der Waals surface area contributed by atoms with Crippen molar-refractivity contribution < 1.29 is 8.78 Å². The molecule has 1 heterocycles. The average Bonchev–Trinajstić information content (AvgIpc) is 2.27. The van der Waals surface area contributed by atoms with Gasteiger partial charge in [0.05, 0.1) is 0 Å². The lowest BCUT2D eigenvalue weighted by atomic mass is 10.2. The molecule has 1 aliphatic heterocycles. The van der Waals surface area contributed by atoms with Gasteiger partial charge in [0, 0.05) is 37.7 Å². The van der Waals surface area contributed by atoms with Gasteiger partial charge in [-0.05, 0) is 17.7 Å². The first-order valence-corrected chi connectivity index (χ1v) is 5.61. The van der Waals surface area contributed by atoms with Crippen LogP contribution in [0.4, 0.5) is 8.78 Å². The van der Waals surface area contributed by atoms with E-state index in [1.807, 2.05) is 0 Å². The van der Waals surface area contributed by atoms with Gasteiger partial charge in [0.25, 0.3) is 0 Å². The number of rotatable bonds is 2. The molecular formula is C11H13ClF2N2. The molecule has 0 aromatic heterocycles. The van der Waals surface area contributed by atoms with E-state index in [-0.39, 0.29) is 5.02 Å². The zero-order valence-electron chi connectivity index (χ0n) is 8.77. The third-order valence-corrected chi connectivity index (χ3v) is 3.04. The van der Waals surface area contributed by atoms with Crippen LogP contribution in [0.2, 0.25) is 5.02 Å². The Balaban J connectivity index is 2.11. The molecule has 0 aliphatic carbocycles. The summed E-state index contributed by atoms with van der Waals surface area (Å²) in [5.41, 5.74) is 0.641. The number of nitrogens with one attached hydrogen (secondary N) is 1. The van der Waals surface area contributed by atoms with E-state index in [2.05, 4.69) is 10.2 Å². The van der Waals surface area contributed by atoms with Crippen LogP contribution in [0.3, 0.4) is 0 Å². The molecule has 1 aromatic rings. The van der Waals surface area contributed by atoms with Crippen molar-refractivity contribution in [2.45, 2.75) is 6.54 Å². The van der Waals surface area contributed by atoms with Crippen molar-refractivity contribution in [1.82, 2.24) is 10.2 Å². The Morgan fingerprint density at radius 2 is 1.81 bits per heavy atom. The first kappa shape index (κ1) is 11.8. The highest BCUT2D eigenvalue weighted by atomic mass is 35.5. The van der Waals surface area contributed by atoms with Crippen molar-refractivity contribution in [2.75, 3.05) is 26.2 Å². The fourth-order valence-electron chi connectivity index (χ4n) is 1.80. The molecule has 0 unspecified atom stereocenters.